The molecule has 1 amide bonds. The second kappa shape index (κ2) is 5.31. The van der Waals surface area contributed by atoms with E-state index in [1.165, 1.54) is 0 Å². The summed E-state index contributed by atoms with van der Waals surface area (Å²) in [6.07, 6.45) is 4.10. The van der Waals surface area contributed by atoms with Crippen LogP contribution >= 0.6 is 0 Å². The third-order valence-electron chi connectivity index (χ3n) is 3.74. The average Bonchev–Trinajstić information content (AvgIpc) is 2.63. The largest absolute Gasteiger partial charge is 0.341 e. The summed E-state index contributed by atoms with van der Waals surface area (Å²) < 4.78 is 0. The minimum Gasteiger partial charge on any atom is -0.341 e. The molecule has 1 aliphatic heterocycles. The third-order valence-corrected chi connectivity index (χ3v) is 3.74. The molecule has 1 aliphatic rings. The summed E-state index contributed by atoms with van der Waals surface area (Å²) in [5, 5.41) is 0. The molecule has 0 bridgehead atoms. The SMILES string of the molecule is C/C=C/N1[C@H](c2ccccc2)C(=O)N(C)[C@@H]1C(C)(C)C. The summed E-state index contributed by atoms with van der Waals surface area (Å²) in [6, 6.07) is 9.78. The Morgan fingerprint density at radius 2 is 1.75 bits per heavy atom. The molecule has 3 heteroatoms. The lowest BCUT2D eigenvalue weighted by molar-refractivity contribution is -0.129. The number of nitrogens with zero attached hydrogens (tertiary/aromatic N) is 2. The predicted octanol–water partition coefficient (Wildman–Crippen LogP) is 3.41. The van der Waals surface area contributed by atoms with E-state index in [0.717, 1.165) is 5.56 Å². The van der Waals surface area contributed by atoms with E-state index >= 15 is 0 Å². The van der Waals surface area contributed by atoms with Gasteiger partial charge in [-0.3, -0.25) is 4.79 Å². The zero-order chi connectivity index (χ0) is 14.9. The molecule has 0 radical (unpaired) electrons. The number of hydrogen-bond acceptors (Lipinski definition) is 2. The van der Waals surface area contributed by atoms with Crippen molar-refractivity contribution >= 4 is 5.91 Å². The molecule has 1 heterocycles. The molecular weight excluding hydrogens is 248 g/mol. The van der Waals surface area contributed by atoms with E-state index < -0.39 is 0 Å². The zero-order valence-electron chi connectivity index (χ0n) is 13.0. The van der Waals surface area contributed by atoms with Gasteiger partial charge in [0.25, 0.3) is 5.91 Å². The van der Waals surface area contributed by atoms with Crippen LogP contribution in [0.4, 0.5) is 0 Å². The van der Waals surface area contributed by atoms with E-state index in [1.54, 1.807) is 0 Å². The molecule has 20 heavy (non-hydrogen) atoms. The van der Waals surface area contributed by atoms with Gasteiger partial charge in [0.2, 0.25) is 0 Å². The van der Waals surface area contributed by atoms with Crippen LogP contribution in [-0.2, 0) is 4.79 Å². The minimum atomic E-state index is -0.221. The molecule has 1 fully saturated rings. The molecule has 0 N–H and O–H groups in total. The summed E-state index contributed by atoms with van der Waals surface area (Å²) in [5.41, 5.74) is 1.04. The quantitative estimate of drug-likeness (QED) is 0.823. The predicted molar refractivity (Wildman–Crippen MR) is 81.8 cm³/mol. The van der Waals surface area contributed by atoms with Crippen molar-refractivity contribution < 1.29 is 4.79 Å². The Morgan fingerprint density at radius 3 is 2.25 bits per heavy atom. The highest BCUT2D eigenvalue weighted by Crippen LogP contribution is 2.40. The van der Waals surface area contributed by atoms with Gasteiger partial charge in [0.15, 0.2) is 0 Å². The Balaban J connectivity index is 2.48. The number of hydrogen-bond donors (Lipinski definition) is 0. The molecule has 0 spiro atoms. The first kappa shape index (κ1) is 14.6. The second-order valence-electron chi connectivity index (χ2n) is 6.43. The van der Waals surface area contributed by atoms with Crippen molar-refractivity contribution in [1.29, 1.82) is 0 Å². The van der Waals surface area contributed by atoms with Gasteiger partial charge in [-0.15, -0.1) is 0 Å². The first-order chi connectivity index (χ1) is 9.38. The summed E-state index contributed by atoms with van der Waals surface area (Å²) in [7, 11) is 1.90. The van der Waals surface area contributed by atoms with Gasteiger partial charge in [-0.25, -0.2) is 0 Å². The fourth-order valence-corrected chi connectivity index (χ4v) is 3.10. The topological polar surface area (TPSA) is 23.6 Å². The van der Waals surface area contributed by atoms with Gasteiger partial charge >= 0.3 is 0 Å². The van der Waals surface area contributed by atoms with Crippen molar-refractivity contribution in [2.45, 2.75) is 39.9 Å². The number of amides is 1. The van der Waals surface area contributed by atoms with E-state index in [9.17, 15) is 4.79 Å². The van der Waals surface area contributed by atoms with E-state index in [1.807, 2.05) is 61.5 Å². The van der Waals surface area contributed by atoms with Gasteiger partial charge in [0.05, 0.1) is 0 Å². The normalized spacial score (nSPS) is 23.9. The Labute approximate surface area is 121 Å². The summed E-state index contributed by atoms with van der Waals surface area (Å²) in [4.78, 5) is 16.7. The number of benzene rings is 1. The molecule has 1 aromatic rings. The summed E-state index contributed by atoms with van der Waals surface area (Å²) in [5.74, 6) is 0.161. The van der Waals surface area contributed by atoms with Crippen LogP contribution in [0.2, 0.25) is 0 Å². The summed E-state index contributed by atoms with van der Waals surface area (Å²) >= 11 is 0. The van der Waals surface area contributed by atoms with Crippen LogP contribution in [-0.4, -0.2) is 28.9 Å². The molecule has 2 rings (SSSR count). The Bertz CT molecular complexity index is 501. The number of carbonyl (C=O) groups is 1. The standard InChI is InChI=1S/C17H24N2O/c1-6-12-19-14(13-10-8-7-9-11-13)15(20)18(5)16(19)17(2,3)4/h6-12,14,16H,1-5H3/b12-6+/t14-,16+/m1/s1. The van der Waals surface area contributed by atoms with E-state index in [2.05, 4.69) is 25.7 Å². The number of allylic oxidation sites excluding steroid dienone is 1. The zero-order valence-corrected chi connectivity index (χ0v) is 13.0. The number of rotatable bonds is 2. The molecule has 0 saturated carbocycles. The van der Waals surface area contributed by atoms with Gasteiger partial charge in [-0.1, -0.05) is 57.2 Å². The molecule has 1 aromatic carbocycles. The van der Waals surface area contributed by atoms with Crippen LogP contribution in [0.1, 0.15) is 39.3 Å². The van der Waals surface area contributed by atoms with Gasteiger partial charge in [0, 0.05) is 12.5 Å². The molecular formula is C17H24N2O. The first-order valence-corrected chi connectivity index (χ1v) is 7.10. The lowest BCUT2D eigenvalue weighted by Gasteiger charge is -2.38. The van der Waals surface area contributed by atoms with Gasteiger partial charge in [-0.2, -0.15) is 0 Å². The number of carbonyl (C=O) groups excluding carboxylic acids is 1. The molecule has 1 saturated heterocycles. The molecule has 0 aromatic heterocycles. The monoisotopic (exact) mass is 272 g/mol. The second-order valence-corrected chi connectivity index (χ2v) is 6.43. The van der Waals surface area contributed by atoms with Crippen molar-refractivity contribution in [3.8, 4) is 0 Å². The van der Waals surface area contributed by atoms with Crippen molar-refractivity contribution in [2.75, 3.05) is 7.05 Å². The van der Waals surface area contributed by atoms with E-state index in [4.69, 9.17) is 0 Å². The van der Waals surface area contributed by atoms with E-state index in [-0.39, 0.29) is 23.5 Å². The minimum absolute atomic E-state index is 0.00650. The average molecular weight is 272 g/mol. The fourth-order valence-electron chi connectivity index (χ4n) is 3.10. The Hall–Kier alpha value is -1.77. The molecule has 108 valence electrons. The molecule has 3 nitrogen and oxygen atoms in total. The van der Waals surface area contributed by atoms with Gasteiger partial charge < -0.3 is 9.80 Å². The smallest absolute Gasteiger partial charge is 0.251 e. The van der Waals surface area contributed by atoms with Crippen LogP contribution in [0.25, 0.3) is 0 Å². The van der Waals surface area contributed by atoms with Gasteiger partial charge in [0.1, 0.15) is 12.2 Å². The van der Waals surface area contributed by atoms with Crippen molar-refractivity contribution in [2.24, 2.45) is 5.41 Å². The number of likely N-dealkylation sites (N-methyl/N-ethyl adjacent to an activating group) is 1. The fraction of sp³-hybridized carbons (Fsp3) is 0.471. The van der Waals surface area contributed by atoms with Crippen molar-refractivity contribution in [3.05, 3.63) is 48.2 Å². The molecule has 2 atom stereocenters. The molecule has 0 aliphatic carbocycles. The molecule has 0 unspecified atom stereocenters. The van der Waals surface area contributed by atoms with Crippen molar-refractivity contribution in [3.63, 3.8) is 0 Å². The van der Waals surface area contributed by atoms with Gasteiger partial charge in [-0.05, 0) is 18.7 Å². The first-order valence-electron chi connectivity index (χ1n) is 7.10. The third kappa shape index (κ3) is 2.45. The highest BCUT2D eigenvalue weighted by atomic mass is 16.2. The Kier molecular flexibility index (Phi) is 3.89. The lowest BCUT2D eigenvalue weighted by atomic mass is 9.91. The highest BCUT2D eigenvalue weighted by Gasteiger charge is 2.48. The van der Waals surface area contributed by atoms with Crippen LogP contribution in [0.15, 0.2) is 42.6 Å². The Morgan fingerprint density at radius 1 is 1.15 bits per heavy atom. The van der Waals surface area contributed by atoms with Crippen LogP contribution in [0.5, 0.6) is 0 Å². The van der Waals surface area contributed by atoms with Crippen LogP contribution in [0.3, 0.4) is 0 Å². The highest BCUT2D eigenvalue weighted by molar-refractivity contribution is 5.85. The maximum absolute atomic E-state index is 12.7. The summed E-state index contributed by atoms with van der Waals surface area (Å²) in [6.45, 7) is 8.51. The van der Waals surface area contributed by atoms with Crippen molar-refractivity contribution in [1.82, 2.24) is 9.80 Å². The van der Waals surface area contributed by atoms with E-state index in [0.29, 0.717) is 0 Å². The lowest BCUT2D eigenvalue weighted by Crippen LogP contribution is -2.45. The maximum Gasteiger partial charge on any atom is 0.251 e. The maximum atomic E-state index is 12.7. The van der Waals surface area contributed by atoms with Crippen LogP contribution in [0, 0.1) is 5.41 Å². The van der Waals surface area contributed by atoms with Crippen LogP contribution < -0.4 is 0 Å².